The van der Waals surface area contributed by atoms with E-state index in [-0.39, 0.29) is 18.1 Å². The lowest BCUT2D eigenvalue weighted by Gasteiger charge is -2.12. The number of amides is 1. The Labute approximate surface area is 123 Å². The molecule has 6 heteroatoms. The molecule has 112 valence electrons. The molecule has 1 amide bonds. The fourth-order valence-corrected chi connectivity index (χ4v) is 1.79. The van der Waals surface area contributed by atoms with Crippen LogP contribution in [0.4, 0.5) is 0 Å². The molecule has 0 spiro atoms. The van der Waals surface area contributed by atoms with E-state index in [4.69, 9.17) is 4.74 Å². The number of hydrogen-bond acceptors (Lipinski definition) is 4. The number of carbonyl (C=O) groups excluding carboxylic acids is 1. The molecule has 0 aliphatic heterocycles. The summed E-state index contributed by atoms with van der Waals surface area (Å²) in [4.78, 5) is 16.1. The first kappa shape index (κ1) is 15.2. The summed E-state index contributed by atoms with van der Waals surface area (Å²) in [6.07, 6.45) is 1.61. The second-order valence-corrected chi connectivity index (χ2v) is 5.12. The molecule has 0 aliphatic carbocycles. The van der Waals surface area contributed by atoms with Gasteiger partial charge >= 0.3 is 0 Å². The van der Waals surface area contributed by atoms with Crippen molar-refractivity contribution in [1.82, 2.24) is 20.5 Å². The monoisotopic (exact) mass is 288 g/mol. The molecule has 6 nitrogen and oxygen atoms in total. The number of aromatic amines is 1. The summed E-state index contributed by atoms with van der Waals surface area (Å²) in [5.41, 5.74) is 1.65. The van der Waals surface area contributed by atoms with Crippen LogP contribution in [0.25, 0.3) is 0 Å². The summed E-state index contributed by atoms with van der Waals surface area (Å²) in [5.74, 6) is 0.487. The van der Waals surface area contributed by atoms with Crippen molar-refractivity contribution in [3.05, 3.63) is 47.5 Å². The van der Waals surface area contributed by atoms with E-state index in [0.29, 0.717) is 18.0 Å². The van der Waals surface area contributed by atoms with Crippen LogP contribution in [0, 0.1) is 0 Å². The molecule has 21 heavy (non-hydrogen) atoms. The Hall–Kier alpha value is -2.21. The maximum Gasteiger partial charge on any atom is 0.251 e. The maximum absolute atomic E-state index is 12.1. The van der Waals surface area contributed by atoms with Gasteiger partial charge in [-0.05, 0) is 38.5 Å². The van der Waals surface area contributed by atoms with E-state index in [9.17, 15) is 4.79 Å². The van der Waals surface area contributed by atoms with E-state index in [1.807, 2.05) is 32.9 Å². The summed E-state index contributed by atoms with van der Waals surface area (Å²) in [6.45, 7) is 6.39. The molecule has 0 fully saturated rings. The SMILES string of the molecule is CC(C)OCc1ccc(C(=O)NC(C)c2ncn[nH]2)cc1. The highest BCUT2D eigenvalue weighted by Crippen LogP contribution is 2.10. The molecule has 2 rings (SSSR count). The largest absolute Gasteiger partial charge is 0.374 e. The Balaban J connectivity index is 1.93. The normalized spacial score (nSPS) is 12.4. The minimum Gasteiger partial charge on any atom is -0.374 e. The lowest BCUT2D eigenvalue weighted by Crippen LogP contribution is -2.27. The van der Waals surface area contributed by atoms with E-state index < -0.39 is 0 Å². The number of hydrogen-bond donors (Lipinski definition) is 2. The minimum atomic E-state index is -0.219. The van der Waals surface area contributed by atoms with Crippen LogP contribution in [0.2, 0.25) is 0 Å². The second-order valence-electron chi connectivity index (χ2n) is 5.12. The quantitative estimate of drug-likeness (QED) is 0.854. The zero-order valence-electron chi connectivity index (χ0n) is 12.5. The van der Waals surface area contributed by atoms with Crippen molar-refractivity contribution >= 4 is 5.91 Å². The number of nitrogens with one attached hydrogen (secondary N) is 2. The Bertz CT molecular complexity index is 564. The number of carbonyl (C=O) groups is 1. The number of rotatable bonds is 6. The highest BCUT2D eigenvalue weighted by atomic mass is 16.5. The second kappa shape index (κ2) is 6.99. The molecular formula is C15H20N4O2. The van der Waals surface area contributed by atoms with Crippen LogP contribution >= 0.6 is 0 Å². The van der Waals surface area contributed by atoms with Crippen molar-refractivity contribution in [3.8, 4) is 0 Å². The molecular weight excluding hydrogens is 268 g/mol. The van der Waals surface area contributed by atoms with Gasteiger partial charge in [-0.2, -0.15) is 5.10 Å². The Morgan fingerprint density at radius 1 is 1.29 bits per heavy atom. The third kappa shape index (κ3) is 4.39. The lowest BCUT2D eigenvalue weighted by atomic mass is 10.1. The molecule has 0 aliphatic rings. The van der Waals surface area contributed by atoms with E-state index in [1.54, 1.807) is 12.1 Å². The van der Waals surface area contributed by atoms with Crippen molar-refractivity contribution < 1.29 is 9.53 Å². The van der Waals surface area contributed by atoms with E-state index in [1.165, 1.54) is 6.33 Å². The van der Waals surface area contributed by atoms with Crippen LogP contribution in [0.15, 0.2) is 30.6 Å². The molecule has 0 radical (unpaired) electrons. The molecule has 0 saturated heterocycles. The van der Waals surface area contributed by atoms with E-state index in [0.717, 1.165) is 5.56 Å². The van der Waals surface area contributed by atoms with Crippen molar-refractivity contribution in [3.63, 3.8) is 0 Å². The number of H-pyrrole nitrogens is 1. The average molecular weight is 288 g/mol. The highest BCUT2D eigenvalue weighted by molar-refractivity contribution is 5.94. The molecule has 1 unspecified atom stereocenters. The van der Waals surface area contributed by atoms with Crippen molar-refractivity contribution in [2.75, 3.05) is 0 Å². The fourth-order valence-electron chi connectivity index (χ4n) is 1.79. The number of aromatic nitrogens is 3. The van der Waals surface area contributed by atoms with Gasteiger partial charge in [0.25, 0.3) is 5.91 Å². The van der Waals surface area contributed by atoms with Crippen LogP contribution in [0.3, 0.4) is 0 Å². The van der Waals surface area contributed by atoms with Crippen LogP contribution in [-0.4, -0.2) is 27.2 Å². The molecule has 1 aromatic heterocycles. The number of nitrogens with zero attached hydrogens (tertiary/aromatic N) is 2. The van der Waals surface area contributed by atoms with E-state index >= 15 is 0 Å². The molecule has 0 bridgehead atoms. The van der Waals surface area contributed by atoms with Gasteiger partial charge in [0.15, 0.2) is 0 Å². The summed E-state index contributed by atoms with van der Waals surface area (Å²) < 4.78 is 5.52. The standard InChI is InChI=1S/C15H20N4O2/c1-10(2)21-8-12-4-6-13(7-5-12)15(20)18-11(3)14-16-9-17-19-14/h4-7,9-11H,8H2,1-3H3,(H,18,20)(H,16,17,19). The molecule has 1 aromatic carbocycles. The van der Waals surface area contributed by atoms with Gasteiger partial charge in [-0.15, -0.1) is 0 Å². The smallest absolute Gasteiger partial charge is 0.251 e. The third-order valence-corrected chi connectivity index (χ3v) is 2.99. The predicted molar refractivity (Wildman–Crippen MR) is 78.6 cm³/mol. The first-order valence-electron chi connectivity index (χ1n) is 6.93. The van der Waals surface area contributed by atoms with Gasteiger partial charge in [-0.3, -0.25) is 9.89 Å². The maximum atomic E-state index is 12.1. The first-order chi connectivity index (χ1) is 10.1. The van der Waals surface area contributed by atoms with Gasteiger partial charge in [-0.25, -0.2) is 4.98 Å². The van der Waals surface area contributed by atoms with Crippen LogP contribution in [0.1, 0.15) is 48.6 Å². The molecule has 2 aromatic rings. The van der Waals surface area contributed by atoms with Crippen LogP contribution in [0.5, 0.6) is 0 Å². The number of ether oxygens (including phenoxy) is 1. The van der Waals surface area contributed by atoms with Crippen LogP contribution in [-0.2, 0) is 11.3 Å². The number of benzene rings is 1. The van der Waals surface area contributed by atoms with Gasteiger partial charge in [0.1, 0.15) is 12.2 Å². The minimum absolute atomic E-state index is 0.143. The van der Waals surface area contributed by atoms with E-state index in [2.05, 4.69) is 20.5 Å². The predicted octanol–water partition coefficient (Wildman–Crippen LogP) is 2.22. The molecule has 2 N–H and O–H groups in total. The zero-order valence-corrected chi connectivity index (χ0v) is 12.5. The first-order valence-corrected chi connectivity index (χ1v) is 6.93. The fraction of sp³-hybridized carbons (Fsp3) is 0.400. The van der Waals surface area contributed by atoms with Crippen molar-refractivity contribution in [1.29, 1.82) is 0 Å². The van der Waals surface area contributed by atoms with Crippen molar-refractivity contribution in [2.45, 2.75) is 39.5 Å². The summed E-state index contributed by atoms with van der Waals surface area (Å²) in [5, 5.41) is 9.37. The molecule has 1 heterocycles. The topological polar surface area (TPSA) is 79.9 Å². The van der Waals surface area contributed by atoms with Gasteiger partial charge in [0.05, 0.1) is 18.8 Å². The third-order valence-electron chi connectivity index (χ3n) is 2.99. The van der Waals surface area contributed by atoms with Gasteiger partial charge in [0.2, 0.25) is 0 Å². The lowest BCUT2D eigenvalue weighted by molar-refractivity contribution is 0.0656. The van der Waals surface area contributed by atoms with Gasteiger partial charge in [-0.1, -0.05) is 12.1 Å². The van der Waals surface area contributed by atoms with Gasteiger partial charge in [0, 0.05) is 5.56 Å². The van der Waals surface area contributed by atoms with Crippen molar-refractivity contribution in [2.24, 2.45) is 0 Å². The zero-order chi connectivity index (χ0) is 15.2. The Kier molecular flexibility index (Phi) is 5.05. The summed E-state index contributed by atoms with van der Waals surface area (Å²) in [6, 6.07) is 7.17. The Morgan fingerprint density at radius 3 is 2.57 bits per heavy atom. The van der Waals surface area contributed by atoms with Gasteiger partial charge < -0.3 is 10.1 Å². The molecule has 1 atom stereocenters. The average Bonchev–Trinajstić information content (AvgIpc) is 3.00. The summed E-state index contributed by atoms with van der Waals surface area (Å²) in [7, 11) is 0. The highest BCUT2D eigenvalue weighted by Gasteiger charge is 2.13. The van der Waals surface area contributed by atoms with Crippen LogP contribution < -0.4 is 5.32 Å². The summed E-state index contributed by atoms with van der Waals surface area (Å²) >= 11 is 0. The Morgan fingerprint density at radius 2 is 2.00 bits per heavy atom. The molecule has 0 saturated carbocycles.